The summed E-state index contributed by atoms with van der Waals surface area (Å²) in [5.74, 6) is 0.873. The summed E-state index contributed by atoms with van der Waals surface area (Å²) in [6.45, 7) is 11.7. The topological polar surface area (TPSA) is 42.0 Å². The van der Waals surface area contributed by atoms with Crippen molar-refractivity contribution in [2.45, 2.75) is 39.4 Å². The number of hydrogen-bond donors (Lipinski definition) is 0. The fraction of sp³-hybridized carbons (Fsp3) is 0.611. The molecule has 1 fully saturated rings. The Hall–Kier alpha value is -1.27. The number of rotatable bonds is 4. The molecule has 0 saturated carbocycles. The van der Waals surface area contributed by atoms with Gasteiger partial charge in [0.25, 0.3) is 0 Å². The molecule has 1 amide bonds. The summed E-state index contributed by atoms with van der Waals surface area (Å²) in [5.41, 5.74) is -0.443. The number of amides is 1. The van der Waals surface area contributed by atoms with Crippen molar-refractivity contribution in [3.05, 3.63) is 28.7 Å². The third-order valence-corrected chi connectivity index (χ3v) is 4.22. The normalized spacial score (nSPS) is 17.5. The van der Waals surface area contributed by atoms with Crippen molar-refractivity contribution < 1.29 is 14.3 Å². The second-order valence-corrected chi connectivity index (χ2v) is 8.07. The molecule has 1 heterocycles. The summed E-state index contributed by atoms with van der Waals surface area (Å²) in [6.07, 6.45) is -0.124. The van der Waals surface area contributed by atoms with Gasteiger partial charge >= 0.3 is 6.09 Å². The second-order valence-electron chi connectivity index (χ2n) is 7.15. The largest absolute Gasteiger partial charge is 0.489 e. The molecule has 2 rings (SSSR count). The van der Waals surface area contributed by atoms with Crippen LogP contribution in [-0.2, 0) is 4.74 Å². The zero-order valence-electron chi connectivity index (χ0n) is 14.9. The lowest BCUT2D eigenvalue weighted by molar-refractivity contribution is 0.0118. The predicted molar refractivity (Wildman–Crippen MR) is 98.5 cm³/mol. The molecule has 1 atom stereocenters. The average Bonchev–Trinajstić information content (AvgIpc) is 2.48. The zero-order chi connectivity index (χ0) is 17.7. The van der Waals surface area contributed by atoms with Crippen LogP contribution in [-0.4, -0.2) is 60.3 Å². The number of ether oxygens (including phenoxy) is 2. The van der Waals surface area contributed by atoms with Gasteiger partial charge < -0.3 is 14.4 Å². The van der Waals surface area contributed by atoms with E-state index in [9.17, 15) is 4.79 Å². The number of carbonyl (C=O) groups excluding carboxylic acids is 1. The van der Waals surface area contributed by atoms with Crippen molar-refractivity contribution >= 4 is 22.0 Å². The van der Waals surface area contributed by atoms with Gasteiger partial charge in [0.15, 0.2) is 0 Å². The molecule has 0 N–H and O–H groups in total. The second kappa shape index (κ2) is 8.21. The molecule has 6 heteroatoms. The Labute approximate surface area is 153 Å². The van der Waals surface area contributed by atoms with Crippen LogP contribution in [0.1, 0.15) is 27.7 Å². The molecule has 0 aromatic heterocycles. The summed E-state index contributed by atoms with van der Waals surface area (Å²) in [4.78, 5) is 16.2. The van der Waals surface area contributed by atoms with Crippen LogP contribution in [0.5, 0.6) is 5.75 Å². The van der Waals surface area contributed by atoms with E-state index in [4.69, 9.17) is 9.47 Å². The zero-order valence-corrected chi connectivity index (χ0v) is 16.5. The van der Waals surface area contributed by atoms with E-state index in [1.54, 1.807) is 4.90 Å². The maximum Gasteiger partial charge on any atom is 0.410 e. The van der Waals surface area contributed by atoms with Crippen LogP contribution in [0.25, 0.3) is 0 Å². The van der Waals surface area contributed by atoms with Gasteiger partial charge in [-0.25, -0.2) is 4.79 Å². The van der Waals surface area contributed by atoms with Gasteiger partial charge in [0.1, 0.15) is 17.5 Å². The average molecular weight is 399 g/mol. The Morgan fingerprint density at radius 3 is 2.29 bits per heavy atom. The molecule has 0 unspecified atom stereocenters. The van der Waals surface area contributed by atoms with Crippen molar-refractivity contribution in [1.82, 2.24) is 9.80 Å². The minimum Gasteiger partial charge on any atom is -0.489 e. The van der Waals surface area contributed by atoms with E-state index in [-0.39, 0.29) is 12.2 Å². The molecule has 0 spiro atoms. The fourth-order valence-electron chi connectivity index (χ4n) is 2.59. The van der Waals surface area contributed by atoms with Crippen LogP contribution in [0.4, 0.5) is 4.79 Å². The number of carbonyl (C=O) groups is 1. The molecule has 1 aliphatic heterocycles. The van der Waals surface area contributed by atoms with Gasteiger partial charge in [-0.15, -0.1) is 0 Å². The van der Waals surface area contributed by atoms with Crippen LogP contribution in [0, 0.1) is 0 Å². The van der Waals surface area contributed by atoms with Gasteiger partial charge in [-0.2, -0.15) is 0 Å². The Morgan fingerprint density at radius 1 is 1.17 bits per heavy atom. The van der Waals surface area contributed by atoms with E-state index < -0.39 is 5.60 Å². The monoisotopic (exact) mass is 398 g/mol. The molecular formula is C18H27BrN2O3. The summed E-state index contributed by atoms with van der Waals surface area (Å²) < 4.78 is 12.4. The quantitative estimate of drug-likeness (QED) is 0.773. The maximum atomic E-state index is 12.1. The molecule has 24 heavy (non-hydrogen) atoms. The lowest BCUT2D eigenvalue weighted by Gasteiger charge is -2.36. The first kappa shape index (κ1) is 19.1. The van der Waals surface area contributed by atoms with E-state index in [1.807, 2.05) is 45.0 Å². The van der Waals surface area contributed by atoms with Gasteiger partial charge in [-0.05, 0) is 52.0 Å². The van der Waals surface area contributed by atoms with Gasteiger partial charge in [-0.1, -0.05) is 15.9 Å². The van der Waals surface area contributed by atoms with Crippen molar-refractivity contribution in [1.29, 1.82) is 0 Å². The summed E-state index contributed by atoms with van der Waals surface area (Å²) in [5, 5.41) is 0. The van der Waals surface area contributed by atoms with Crippen molar-refractivity contribution in [3.63, 3.8) is 0 Å². The first-order chi connectivity index (χ1) is 11.2. The lowest BCUT2D eigenvalue weighted by atomic mass is 10.2. The Morgan fingerprint density at radius 2 is 1.75 bits per heavy atom. The van der Waals surface area contributed by atoms with Crippen molar-refractivity contribution in [2.24, 2.45) is 0 Å². The summed E-state index contributed by atoms with van der Waals surface area (Å²) in [7, 11) is 0. The van der Waals surface area contributed by atoms with E-state index in [2.05, 4.69) is 27.8 Å². The molecule has 1 aliphatic rings. The fourth-order valence-corrected chi connectivity index (χ4v) is 2.85. The smallest absolute Gasteiger partial charge is 0.410 e. The Balaban J connectivity index is 1.74. The lowest BCUT2D eigenvalue weighted by Crippen LogP contribution is -2.51. The molecule has 134 valence electrons. The van der Waals surface area contributed by atoms with Crippen LogP contribution in [0.2, 0.25) is 0 Å². The van der Waals surface area contributed by atoms with Crippen molar-refractivity contribution in [3.8, 4) is 5.75 Å². The van der Waals surface area contributed by atoms with Crippen LogP contribution >= 0.6 is 15.9 Å². The third-order valence-electron chi connectivity index (χ3n) is 3.69. The van der Waals surface area contributed by atoms with Gasteiger partial charge in [-0.3, -0.25) is 4.90 Å². The highest BCUT2D eigenvalue weighted by Crippen LogP contribution is 2.18. The predicted octanol–water partition coefficient (Wildman–Crippen LogP) is 3.77. The third kappa shape index (κ3) is 6.32. The number of piperazine rings is 1. The highest BCUT2D eigenvalue weighted by molar-refractivity contribution is 9.10. The molecule has 1 aromatic rings. The molecule has 1 aromatic carbocycles. The Bertz CT molecular complexity index is 534. The molecule has 0 bridgehead atoms. The van der Waals surface area contributed by atoms with Gasteiger partial charge in [0.05, 0.1) is 0 Å². The van der Waals surface area contributed by atoms with Crippen LogP contribution in [0.15, 0.2) is 28.7 Å². The standard InChI is InChI=1S/C18H27BrN2O3/c1-14(23-16-7-5-15(19)6-8-16)13-20-9-11-21(12-10-20)17(22)24-18(2,3)4/h5-8,14H,9-13H2,1-4H3/t14-/m1/s1. The van der Waals surface area contributed by atoms with Crippen LogP contribution < -0.4 is 4.74 Å². The molecular weight excluding hydrogens is 372 g/mol. The highest BCUT2D eigenvalue weighted by Gasteiger charge is 2.26. The summed E-state index contributed by atoms with van der Waals surface area (Å²) >= 11 is 3.42. The molecule has 5 nitrogen and oxygen atoms in total. The van der Waals surface area contributed by atoms with Crippen LogP contribution in [0.3, 0.4) is 0 Å². The van der Waals surface area contributed by atoms with Gasteiger partial charge in [0, 0.05) is 37.2 Å². The number of halogens is 1. The minimum atomic E-state index is -0.443. The van der Waals surface area contributed by atoms with Gasteiger partial charge in [0.2, 0.25) is 0 Å². The number of hydrogen-bond acceptors (Lipinski definition) is 4. The first-order valence-corrected chi connectivity index (χ1v) is 9.15. The number of nitrogens with zero attached hydrogens (tertiary/aromatic N) is 2. The minimum absolute atomic E-state index is 0.0965. The highest BCUT2D eigenvalue weighted by atomic mass is 79.9. The maximum absolute atomic E-state index is 12.1. The first-order valence-electron chi connectivity index (χ1n) is 8.35. The van der Waals surface area contributed by atoms with E-state index in [0.29, 0.717) is 13.1 Å². The van der Waals surface area contributed by atoms with E-state index in [1.165, 1.54) is 0 Å². The molecule has 0 radical (unpaired) electrons. The molecule has 0 aliphatic carbocycles. The SMILES string of the molecule is C[C@H](CN1CCN(C(=O)OC(C)(C)C)CC1)Oc1ccc(Br)cc1. The van der Waals surface area contributed by atoms with E-state index >= 15 is 0 Å². The van der Waals surface area contributed by atoms with E-state index in [0.717, 1.165) is 29.9 Å². The Kier molecular flexibility index (Phi) is 6.52. The summed E-state index contributed by atoms with van der Waals surface area (Å²) in [6, 6.07) is 7.87. The van der Waals surface area contributed by atoms with Crippen molar-refractivity contribution in [2.75, 3.05) is 32.7 Å². The number of benzene rings is 1. The molecule has 1 saturated heterocycles.